The Morgan fingerprint density at radius 1 is 1.25 bits per heavy atom. The molecular formula is C11H20N2O3. The molecule has 0 aromatic carbocycles. The van der Waals surface area contributed by atoms with Gasteiger partial charge in [-0.15, -0.1) is 0 Å². The van der Waals surface area contributed by atoms with Gasteiger partial charge >= 0.3 is 0 Å². The predicted octanol–water partition coefficient (Wildman–Crippen LogP) is 0.372. The lowest BCUT2D eigenvalue weighted by Gasteiger charge is -2.16. The highest BCUT2D eigenvalue weighted by Gasteiger charge is 2.20. The summed E-state index contributed by atoms with van der Waals surface area (Å²) in [5, 5.41) is 2.53. The molecule has 5 heteroatoms. The van der Waals surface area contributed by atoms with Crippen LogP contribution in [0.15, 0.2) is 0 Å². The Balaban J connectivity index is 4.24. The second-order valence-corrected chi connectivity index (χ2v) is 4.05. The Bertz CT molecular complexity index is 274. The van der Waals surface area contributed by atoms with Crippen molar-refractivity contribution in [2.45, 2.75) is 46.1 Å². The number of hydrogen-bond donors (Lipinski definition) is 2. The summed E-state index contributed by atoms with van der Waals surface area (Å²) in [5.74, 6) is -0.973. The third-order valence-corrected chi connectivity index (χ3v) is 2.29. The van der Waals surface area contributed by atoms with Crippen LogP contribution < -0.4 is 11.1 Å². The van der Waals surface area contributed by atoms with Crippen LogP contribution in [0.4, 0.5) is 0 Å². The lowest BCUT2D eigenvalue weighted by Crippen LogP contribution is -2.46. The summed E-state index contributed by atoms with van der Waals surface area (Å²) in [6.45, 7) is 5.21. The normalized spacial score (nSPS) is 12.2. The van der Waals surface area contributed by atoms with Crippen molar-refractivity contribution >= 4 is 17.6 Å². The van der Waals surface area contributed by atoms with Crippen molar-refractivity contribution in [2.24, 2.45) is 11.7 Å². The molecule has 1 atom stereocenters. The van der Waals surface area contributed by atoms with Gasteiger partial charge in [0.25, 0.3) is 0 Å². The fraction of sp³-hybridized carbons (Fsp3) is 0.727. The zero-order valence-electron chi connectivity index (χ0n) is 10.1. The maximum atomic E-state index is 11.4. The molecule has 0 heterocycles. The van der Waals surface area contributed by atoms with Gasteiger partial charge in [0.05, 0.1) is 0 Å². The molecule has 3 N–H and O–H groups in total. The van der Waals surface area contributed by atoms with E-state index in [2.05, 4.69) is 5.32 Å². The summed E-state index contributed by atoms with van der Waals surface area (Å²) in [6.07, 6.45) is 0.979. The number of Topliss-reactive ketones (excluding diaryl/α,β-unsaturated/α-hetero) is 1. The highest BCUT2D eigenvalue weighted by Crippen LogP contribution is 2.02. The fourth-order valence-electron chi connectivity index (χ4n) is 1.11. The molecule has 0 fully saturated rings. The number of primary amides is 1. The highest BCUT2D eigenvalue weighted by molar-refractivity contribution is 5.88. The maximum Gasteiger partial charge on any atom is 0.240 e. The Hall–Kier alpha value is -1.39. The van der Waals surface area contributed by atoms with Crippen LogP contribution in [0.5, 0.6) is 0 Å². The maximum absolute atomic E-state index is 11.4. The molecule has 0 saturated heterocycles. The molecule has 5 nitrogen and oxygen atoms in total. The van der Waals surface area contributed by atoms with Gasteiger partial charge < -0.3 is 11.1 Å². The highest BCUT2D eigenvalue weighted by atomic mass is 16.2. The molecule has 0 bridgehead atoms. The summed E-state index contributed by atoms with van der Waals surface area (Å²) in [6, 6.07) is -0.745. The van der Waals surface area contributed by atoms with E-state index in [0.717, 1.165) is 0 Å². The van der Waals surface area contributed by atoms with Gasteiger partial charge in [-0.05, 0) is 6.42 Å². The standard InChI is InChI=1S/C11H20N2O3/c1-4-8(14)5-6-9(10(12)15)13-11(16)7(2)3/h7,9H,4-6H2,1-3H3,(H2,12,15)(H,13,16)/t9-/m0/s1. The predicted molar refractivity (Wildman–Crippen MR) is 60.5 cm³/mol. The lowest BCUT2D eigenvalue weighted by molar-refractivity contribution is -0.129. The molecule has 2 amide bonds. The van der Waals surface area contributed by atoms with E-state index in [1.54, 1.807) is 20.8 Å². The van der Waals surface area contributed by atoms with Crippen molar-refractivity contribution in [1.82, 2.24) is 5.32 Å². The number of hydrogen-bond acceptors (Lipinski definition) is 3. The zero-order chi connectivity index (χ0) is 12.7. The van der Waals surface area contributed by atoms with E-state index in [1.807, 2.05) is 0 Å². The summed E-state index contributed by atoms with van der Waals surface area (Å²) in [4.78, 5) is 33.5. The van der Waals surface area contributed by atoms with Crippen LogP contribution in [0.25, 0.3) is 0 Å². The van der Waals surface area contributed by atoms with Gasteiger partial charge in [-0.2, -0.15) is 0 Å². The topological polar surface area (TPSA) is 89.3 Å². The van der Waals surface area contributed by atoms with Gasteiger partial charge in [-0.25, -0.2) is 0 Å². The number of carbonyl (C=O) groups excluding carboxylic acids is 3. The molecule has 0 rings (SSSR count). The minimum atomic E-state index is -0.745. The van der Waals surface area contributed by atoms with Crippen molar-refractivity contribution in [3.63, 3.8) is 0 Å². The van der Waals surface area contributed by atoms with Gasteiger partial charge in [0.15, 0.2) is 0 Å². The first kappa shape index (κ1) is 14.6. The van der Waals surface area contributed by atoms with Crippen molar-refractivity contribution in [1.29, 1.82) is 0 Å². The van der Waals surface area contributed by atoms with Crippen LogP contribution in [-0.4, -0.2) is 23.6 Å². The second-order valence-electron chi connectivity index (χ2n) is 4.05. The van der Waals surface area contributed by atoms with E-state index < -0.39 is 11.9 Å². The summed E-state index contributed by atoms with van der Waals surface area (Å²) < 4.78 is 0. The molecule has 0 unspecified atom stereocenters. The van der Waals surface area contributed by atoms with Crippen LogP contribution in [0.3, 0.4) is 0 Å². The first-order valence-electron chi connectivity index (χ1n) is 5.49. The third kappa shape index (κ3) is 5.48. The van der Waals surface area contributed by atoms with Crippen molar-refractivity contribution in [3.8, 4) is 0 Å². The van der Waals surface area contributed by atoms with Gasteiger partial charge in [0, 0.05) is 18.8 Å². The average molecular weight is 228 g/mol. The molecule has 0 saturated carbocycles. The van der Waals surface area contributed by atoms with E-state index in [-0.39, 0.29) is 30.4 Å². The lowest BCUT2D eigenvalue weighted by atomic mass is 10.1. The van der Waals surface area contributed by atoms with Crippen molar-refractivity contribution in [3.05, 3.63) is 0 Å². The first-order valence-corrected chi connectivity index (χ1v) is 5.49. The van der Waals surface area contributed by atoms with Crippen LogP contribution in [0.2, 0.25) is 0 Å². The van der Waals surface area contributed by atoms with Crippen LogP contribution in [0, 0.1) is 5.92 Å². The number of nitrogens with one attached hydrogen (secondary N) is 1. The number of carbonyl (C=O) groups is 3. The minimum absolute atomic E-state index is 0.0602. The molecule has 16 heavy (non-hydrogen) atoms. The number of amides is 2. The summed E-state index contributed by atoms with van der Waals surface area (Å²) in [5.41, 5.74) is 5.15. The molecule has 0 aliphatic rings. The monoisotopic (exact) mass is 228 g/mol. The molecule has 0 aliphatic heterocycles. The van der Waals surface area contributed by atoms with Crippen molar-refractivity contribution in [2.75, 3.05) is 0 Å². The van der Waals surface area contributed by atoms with Gasteiger partial charge in [0.1, 0.15) is 11.8 Å². The van der Waals surface area contributed by atoms with Crippen LogP contribution in [0.1, 0.15) is 40.0 Å². The number of rotatable bonds is 7. The SMILES string of the molecule is CCC(=O)CC[C@H](NC(=O)C(C)C)C(N)=O. The zero-order valence-corrected chi connectivity index (χ0v) is 10.1. The Morgan fingerprint density at radius 2 is 1.81 bits per heavy atom. The van der Waals surface area contributed by atoms with Crippen LogP contribution >= 0.6 is 0 Å². The largest absolute Gasteiger partial charge is 0.368 e. The Labute approximate surface area is 95.8 Å². The van der Waals surface area contributed by atoms with Crippen LogP contribution in [-0.2, 0) is 14.4 Å². The molecule has 0 spiro atoms. The first-order chi connectivity index (χ1) is 7.38. The van der Waals surface area contributed by atoms with Gasteiger partial charge in [0.2, 0.25) is 11.8 Å². The Kier molecular flexibility index (Phi) is 6.37. The van der Waals surface area contributed by atoms with E-state index in [0.29, 0.717) is 6.42 Å². The molecule has 0 aromatic rings. The average Bonchev–Trinajstić information content (AvgIpc) is 2.22. The molecule has 92 valence electrons. The van der Waals surface area contributed by atoms with E-state index in [4.69, 9.17) is 5.73 Å². The fourth-order valence-corrected chi connectivity index (χ4v) is 1.11. The Morgan fingerprint density at radius 3 is 2.19 bits per heavy atom. The number of nitrogens with two attached hydrogens (primary N) is 1. The second kappa shape index (κ2) is 6.98. The van der Waals surface area contributed by atoms with E-state index >= 15 is 0 Å². The third-order valence-electron chi connectivity index (χ3n) is 2.29. The van der Waals surface area contributed by atoms with E-state index in [1.165, 1.54) is 0 Å². The molecule has 0 radical (unpaired) electrons. The molecular weight excluding hydrogens is 208 g/mol. The summed E-state index contributed by atoms with van der Waals surface area (Å²) in [7, 11) is 0. The van der Waals surface area contributed by atoms with Crippen molar-refractivity contribution < 1.29 is 14.4 Å². The smallest absolute Gasteiger partial charge is 0.240 e. The quantitative estimate of drug-likeness (QED) is 0.659. The number of ketones is 1. The minimum Gasteiger partial charge on any atom is -0.368 e. The van der Waals surface area contributed by atoms with Gasteiger partial charge in [-0.3, -0.25) is 14.4 Å². The van der Waals surface area contributed by atoms with Gasteiger partial charge in [-0.1, -0.05) is 20.8 Å². The summed E-state index contributed by atoms with van der Waals surface area (Å²) >= 11 is 0. The molecule has 0 aromatic heterocycles. The molecule has 0 aliphatic carbocycles. The van der Waals surface area contributed by atoms with E-state index in [9.17, 15) is 14.4 Å².